The lowest BCUT2D eigenvalue weighted by Gasteiger charge is -2.54. The van der Waals surface area contributed by atoms with Crippen LogP contribution in [-0.2, 0) is 17.8 Å². The summed E-state index contributed by atoms with van der Waals surface area (Å²) in [6.45, 7) is 4.02. The van der Waals surface area contributed by atoms with E-state index in [0.29, 0.717) is 48.0 Å². The number of pyridine rings is 1. The molecule has 5 aromatic heterocycles. The average Bonchev–Trinajstić information content (AvgIpc) is 3.63. The number of aryl methyl sites for hydroxylation is 1. The number of rotatable bonds is 6. The molecule has 1 aliphatic carbocycles. The van der Waals surface area contributed by atoms with Gasteiger partial charge in [-0.15, -0.1) is 5.10 Å². The van der Waals surface area contributed by atoms with E-state index in [9.17, 15) is 19.5 Å². The van der Waals surface area contributed by atoms with Crippen molar-refractivity contribution in [2.45, 2.75) is 51.7 Å². The van der Waals surface area contributed by atoms with E-state index in [1.165, 1.54) is 10.8 Å². The Balaban J connectivity index is 1.31. The van der Waals surface area contributed by atoms with Crippen LogP contribution in [0.15, 0.2) is 41.7 Å². The number of primary amides is 1. The molecule has 2 fully saturated rings. The molecule has 5 aromatic rings. The molecule has 2 amide bonds. The molecule has 6 heterocycles. The van der Waals surface area contributed by atoms with E-state index in [4.69, 9.17) is 5.73 Å². The molecule has 0 aromatic carbocycles. The monoisotopic (exact) mass is 583 g/mol. The van der Waals surface area contributed by atoms with Crippen molar-refractivity contribution in [2.75, 3.05) is 18.0 Å². The number of hydrogen-bond donors (Lipinski definition) is 2. The number of hydrogen-bond acceptors (Lipinski definition) is 10. The third-order valence-corrected chi connectivity index (χ3v) is 8.47. The molecular weight excluding hydrogens is 554 g/mol. The number of anilines is 1. The van der Waals surface area contributed by atoms with Gasteiger partial charge in [-0.2, -0.15) is 14.6 Å². The molecule has 2 aliphatic rings. The van der Waals surface area contributed by atoms with Gasteiger partial charge in [-0.3, -0.25) is 14.4 Å². The Kier molecular flexibility index (Phi) is 6.11. The summed E-state index contributed by atoms with van der Waals surface area (Å²) < 4.78 is 4.62. The summed E-state index contributed by atoms with van der Waals surface area (Å²) in [6, 6.07) is 5.21. The first-order valence-electron chi connectivity index (χ1n) is 14.1. The van der Waals surface area contributed by atoms with Crippen LogP contribution in [0.4, 0.5) is 5.69 Å². The zero-order valence-electron chi connectivity index (χ0n) is 23.6. The summed E-state index contributed by atoms with van der Waals surface area (Å²) in [5.41, 5.74) is 8.18. The number of aromatic hydroxyl groups is 1. The summed E-state index contributed by atoms with van der Waals surface area (Å²) in [5, 5.41) is 19.3. The molecule has 1 aliphatic heterocycles. The van der Waals surface area contributed by atoms with Gasteiger partial charge in [0.1, 0.15) is 18.6 Å². The number of piperazine rings is 1. The number of nitrogens with zero attached hydrogens (tertiary/aromatic N) is 10. The molecule has 0 radical (unpaired) electrons. The summed E-state index contributed by atoms with van der Waals surface area (Å²) in [7, 11) is 0. The molecular formula is C28H29N11O4. The molecule has 0 unspecified atom stereocenters. The van der Waals surface area contributed by atoms with Crippen molar-refractivity contribution in [2.24, 2.45) is 5.73 Å². The maximum atomic E-state index is 14.2. The molecule has 1 saturated heterocycles. The van der Waals surface area contributed by atoms with Crippen molar-refractivity contribution in [3.05, 3.63) is 64.4 Å². The molecule has 15 heteroatoms. The van der Waals surface area contributed by atoms with Crippen LogP contribution >= 0.6 is 0 Å². The molecule has 0 bridgehead atoms. The number of amides is 2. The van der Waals surface area contributed by atoms with Crippen LogP contribution in [0.2, 0.25) is 0 Å². The lowest BCUT2D eigenvalue weighted by atomic mass is 9.81. The highest BCUT2D eigenvalue weighted by molar-refractivity contribution is 5.95. The maximum Gasteiger partial charge on any atom is 0.299 e. The third kappa shape index (κ3) is 4.10. The Morgan fingerprint density at radius 1 is 1.14 bits per heavy atom. The number of carbonyl (C=O) groups is 2. The largest absolute Gasteiger partial charge is 0.504 e. The van der Waals surface area contributed by atoms with Gasteiger partial charge in [0.15, 0.2) is 17.3 Å². The summed E-state index contributed by atoms with van der Waals surface area (Å²) in [5.74, 6) is -0.622. The van der Waals surface area contributed by atoms with Crippen LogP contribution in [0.25, 0.3) is 22.7 Å². The first-order valence-corrected chi connectivity index (χ1v) is 14.1. The second-order valence-electron chi connectivity index (χ2n) is 10.8. The van der Waals surface area contributed by atoms with Crippen molar-refractivity contribution in [1.82, 2.24) is 43.6 Å². The van der Waals surface area contributed by atoms with E-state index in [0.717, 1.165) is 18.4 Å². The van der Waals surface area contributed by atoms with Crippen molar-refractivity contribution in [1.29, 1.82) is 0 Å². The van der Waals surface area contributed by atoms with Gasteiger partial charge in [0.25, 0.3) is 11.5 Å². The SMILES string of the molecule is CCc1c(N2CCN(C(=O)c3ncnc(C)c3O)[C@@H]3CC[C@@H]32)c(=O)n2nc(-c3ccn4nccc4c3)nc2n1CC(N)=O. The lowest BCUT2D eigenvalue weighted by Crippen LogP contribution is -2.67. The van der Waals surface area contributed by atoms with E-state index in [1.807, 2.05) is 30.0 Å². The number of aromatic nitrogens is 8. The Bertz CT molecular complexity index is 1990. The van der Waals surface area contributed by atoms with Gasteiger partial charge in [0.2, 0.25) is 11.7 Å². The Labute approximate surface area is 244 Å². The first kappa shape index (κ1) is 26.6. The van der Waals surface area contributed by atoms with Crippen molar-refractivity contribution in [3.63, 3.8) is 0 Å². The summed E-state index contributed by atoms with van der Waals surface area (Å²) in [4.78, 5) is 56.3. The topological polar surface area (TPSA) is 182 Å². The van der Waals surface area contributed by atoms with Crippen molar-refractivity contribution in [3.8, 4) is 17.1 Å². The van der Waals surface area contributed by atoms with E-state index >= 15 is 0 Å². The van der Waals surface area contributed by atoms with Crippen LogP contribution in [0.5, 0.6) is 5.75 Å². The standard InChI is InChI=1S/C28H29N11O4/c1-3-18-23(35-10-11-36(20-5-4-19(20)35)26(42)22-24(41)15(2)30-14-31-22)27(43)39-28(37(18)13-21(29)40)33-25(34-39)16-7-9-38-17(12-16)6-8-32-38/h6-9,12,14,19-20,41H,3-5,10-11,13H2,1-2H3,(H2,29,40)/t19-,20+/m0/s1. The zero-order chi connectivity index (χ0) is 30.0. The van der Waals surface area contributed by atoms with E-state index in [2.05, 4.69) is 25.1 Å². The quantitative estimate of drug-likeness (QED) is 0.286. The minimum Gasteiger partial charge on any atom is -0.504 e. The van der Waals surface area contributed by atoms with Crippen molar-refractivity contribution < 1.29 is 14.7 Å². The summed E-state index contributed by atoms with van der Waals surface area (Å²) >= 11 is 0. The molecule has 2 atom stereocenters. The minimum absolute atomic E-state index is 0.0321. The molecule has 15 nitrogen and oxygen atoms in total. The van der Waals surface area contributed by atoms with Crippen LogP contribution in [0.1, 0.15) is 41.6 Å². The Morgan fingerprint density at radius 3 is 2.70 bits per heavy atom. The van der Waals surface area contributed by atoms with Gasteiger partial charge in [-0.1, -0.05) is 6.92 Å². The van der Waals surface area contributed by atoms with Gasteiger partial charge in [0, 0.05) is 37.1 Å². The van der Waals surface area contributed by atoms with Gasteiger partial charge < -0.3 is 25.2 Å². The second-order valence-corrected chi connectivity index (χ2v) is 10.8. The molecule has 0 spiro atoms. The summed E-state index contributed by atoms with van der Waals surface area (Å²) in [6.07, 6.45) is 6.67. The predicted molar refractivity (Wildman–Crippen MR) is 154 cm³/mol. The fourth-order valence-electron chi connectivity index (χ4n) is 6.27. The van der Waals surface area contributed by atoms with E-state index < -0.39 is 5.91 Å². The highest BCUT2D eigenvalue weighted by atomic mass is 16.3. The van der Waals surface area contributed by atoms with Gasteiger partial charge in [-0.05, 0) is 44.4 Å². The second kappa shape index (κ2) is 9.89. The maximum absolute atomic E-state index is 14.2. The van der Waals surface area contributed by atoms with Gasteiger partial charge in [0.05, 0.1) is 22.9 Å². The smallest absolute Gasteiger partial charge is 0.299 e. The van der Waals surface area contributed by atoms with Gasteiger partial charge in [-0.25, -0.2) is 14.5 Å². The van der Waals surface area contributed by atoms with E-state index in [1.54, 1.807) is 33.3 Å². The highest BCUT2D eigenvalue weighted by Gasteiger charge is 2.47. The molecule has 3 N–H and O–H groups in total. The predicted octanol–water partition coefficient (Wildman–Crippen LogP) is 0.551. The Morgan fingerprint density at radius 2 is 1.95 bits per heavy atom. The zero-order valence-corrected chi connectivity index (χ0v) is 23.6. The van der Waals surface area contributed by atoms with Crippen LogP contribution in [-0.4, -0.2) is 85.7 Å². The third-order valence-electron chi connectivity index (χ3n) is 8.47. The van der Waals surface area contributed by atoms with Crippen LogP contribution in [0.3, 0.4) is 0 Å². The van der Waals surface area contributed by atoms with Gasteiger partial charge >= 0.3 is 0 Å². The minimum atomic E-state index is -0.576. The molecule has 7 rings (SSSR count). The first-order chi connectivity index (χ1) is 20.8. The number of fused-ring (bicyclic) bond motifs is 3. The fourth-order valence-corrected chi connectivity index (χ4v) is 6.27. The van der Waals surface area contributed by atoms with Crippen LogP contribution < -0.4 is 16.2 Å². The van der Waals surface area contributed by atoms with Crippen LogP contribution in [0, 0.1) is 6.92 Å². The fraction of sp³-hybridized carbons (Fsp3) is 0.357. The normalized spacial score (nSPS) is 18.2. The number of nitrogens with two attached hydrogens (primary N) is 1. The number of carbonyl (C=O) groups excluding carboxylic acids is 2. The molecule has 43 heavy (non-hydrogen) atoms. The Hall–Kier alpha value is -5.34. The lowest BCUT2D eigenvalue weighted by molar-refractivity contribution is -0.118. The molecule has 1 saturated carbocycles. The average molecular weight is 584 g/mol. The highest BCUT2D eigenvalue weighted by Crippen LogP contribution is 2.38. The van der Waals surface area contributed by atoms with E-state index in [-0.39, 0.29) is 47.3 Å². The molecule has 220 valence electrons. The van der Waals surface area contributed by atoms with Crippen molar-refractivity contribution >= 4 is 28.8 Å².